The fraction of sp³-hybridized carbons (Fsp3) is 0.300. The van der Waals surface area contributed by atoms with Crippen molar-refractivity contribution in [2.45, 2.75) is 25.4 Å². The molecular formula is C20H21NO2S. The van der Waals surface area contributed by atoms with Gasteiger partial charge in [0.25, 0.3) is 0 Å². The molecule has 0 saturated carbocycles. The van der Waals surface area contributed by atoms with Gasteiger partial charge in [0.1, 0.15) is 11.5 Å². The molecule has 124 valence electrons. The van der Waals surface area contributed by atoms with Crippen LogP contribution in [0.5, 0.6) is 11.5 Å². The number of thiophene rings is 1. The summed E-state index contributed by atoms with van der Waals surface area (Å²) >= 11 is 1.82. The molecule has 3 aromatic rings. The minimum Gasteiger partial charge on any atom is -0.508 e. The molecule has 1 aromatic heterocycles. The number of rotatable bonds is 4. The first kappa shape index (κ1) is 15.5. The normalized spacial score (nSPS) is 18.3. The Labute approximate surface area is 146 Å². The predicted molar refractivity (Wildman–Crippen MR) is 98.9 cm³/mol. The highest BCUT2D eigenvalue weighted by molar-refractivity contribution is 7.10. The second kappa shape index (κ2) is 6.46. The van der Waals surface area contributed by atoms with E-state index in [1.54, 1.807) is 13.2 Å². The van der Waals surface area contributed by atoms with Crippen LogP contribution in [0.1, 0.15) is 29.3 Å². The van der Waals surface area contributed by atoms with Crippen molar-refractivity contribution in [1.29, 1.82) is 0 Å². The molecule has 4 rings (SSSR count). The van der Waals surface area contributed by atoms with E-state index in [0.29, 0.717) is 11.8 Å². The molecule has 1 fully saturated rings. The van der Waals surface area contributed by atoms with Gasteiger partial charge in [-0.25, -0.2) is 0 Å². The summed E-state index contributed by atoms with van der Waals surface area (Å²) in [5.41, 5.74) is 0.995. The van der Waals surface area contributed by atoms with Crippen LogP contribution in [0.25, 0.3) is 10.8 Å². The van der Waals surface area contributed by atoms with Crippen molar-refractivity contribution in [2.75, 3.05) is 13.7 Å². The van der Waals surface area contributed by atoms with E-state index in [9.17, 15) is 5.11 Å². The van der Waals surface area contributed by atoms with Crippen molar-refractivity contribution in [3.63, 3.8) is 0 Å². The van der Waals surface area contributed by atoms with Gasteiger partial charge < -0.3 is 9.84 Å². The first-order chi connectivity index (χ1) is 11.8. The Kier molecular flexibility index (Phi) is 4.17. The number of fused-ring (bicyclic) bond motifs is 1. The molecule has 0 unspecified atom stereocenters. The van der Waals surface area contributed by atoms with Gasteiger partial charge >= 0.3 is 0 Å². The smallest absolute Gasteiger partial charge is 0.120 e. The number of methoxy groups -OCH3 is 1. The minimum atomic E-state index is 0.368. The average Bonchev–Trinajstić information content (AvgIpc) is 3.28. The topological polar surface area (TPSA) is 32.7 Å². The Bertz CT molecular complexity index is 844. The minimum absolute atomic E-state index is 0.368. The molecule has 1 aliphatic rings. The maximum atomic E-state index is 10.5. The summed E-state index contributed by atoms with van der Waals surface area (Å²) in [7, 11) is 1.68. The monoisotopic (exact) mass is 339 g/mol. The number of aromatic hydroxyl groups is 1. The van der Waals surface area contributed by atoms with Gasteiger partial charge in [-0.2, -0.15) is 0 Å². The summed E-state index contributed by atoms with van der Waals surface area (Å²) in [6, 6.07) is 14.6. The molecular weight excluding hydrogens is 318 g/mol. The van der Waals surface area contributed by atoms with Crippen LogP contribution >= 0.6 is 11.3 Å². The molecule has 1 atom stereocenters. The lowest BCUT2D eigenvalue weighted by atomic mass is 10.0. The predicted octanol–water partition coefficient (Wildman–Crippen LogP) is 4.95. The molecule has 4 heteroatoms. The zero-order chi connectivity index (χ0) is 16.5. The number of phenols is 1. The third kappa shape index (κ3) is 2.76. The molecule has 0 radical (unpaired) electrons. The highest BCUT2D eigenvalue weighted by Crippen LogP contribution is 2.38. The molecule has 0 spiro atoms. The Morgan fingerprint density at radius 1 is 1.25 bits per heavy atom. The van der Waals surface area contributed by atoms with Crippen LogP contribution in [-0.4, -0.2) is 23.7 Å². The molecule has 3 nitrogen and oxygen atoms in total. The number of phenolic OH excluding ortho intramolecular Hbond substituents is 1. The summed E-state index contributed by atoms with van der Waals surface area (Å²) in [6.07, 6.45) is 2.40. The van der Waals surface area contributed by atoms with Crippen LogP contribution in [0, 0.1) is 0 Å². The number of hydrogen-bond acceptors (Lipinski definition) is 4. The zero-order valence-electron chi connectivity index (χ0n) is 13.7. The average molecular weight is 339 g/mol. The third-order valence-electron chi connectivity index (χ3n) is 4.91. The largest absolute Gasteiger partial charge is 0.508 e. The van der Waals surface area contributed by atoms with Crippen molar-refractivity contribution in [2.24, 2.45) is 0 Å². The van der Waals surface area contributed by atoms with Gasteiger partial charge in [0.2, 0.25) is 0 Å². The van der Waals surface area contributed by atoms with E-state index in [1.165, 1.54) is 17.7 Å². The van der Waals surface area contributed by atoms with Gasteiger partial charge in [-0.15, -0.1) is 11.3 Å². The maximum absolute atomic E-state index is 10.5. The second-order valence-electron chi connectivity index (χ2n) is 6.29. The van der Waals surface area contributed by atoms with E-state index < -0.39 is 0 Å². The Hall–Kier alpha value is -2.04. The van der Waals surface area contributed by atoms with E-state index in [4.69, 9.17) is 4.74 Å². The van der Waals surface area contributed by atoms with Gasteiger partial charge in [-0.1, -0.05) is 18.2 Å². The summed E-state index contributed by atoms with van der Waals surface area (Å²) in [6.45, 7) is 1.83. The summed E-state index contributed by atoms with van der Waals surface area (Å²) < 4.78 is 5.37. The molecule has 24 heavy (non-hydrogen) atoms. The van der Waals surface area contributed by atoms with Crippen LogP contribution in [0.4, 0.5) is 0 Å². The van der Waals surface area contributed by atoms with Gasteiger partial charge in [-0.3, -0.25) is 4.90 Å². The van der Waals surface area contributed by atoms with Crippen molar-refractivity contribution in [1.82, 2.24) is 4.90 Å². The first-order valence-corrected chi connectivity index (χ1v) is 9.20. The van der Waals surface area contributed by atoms with E-state index in [0.717, 1.165) is 35.2 Å². The first-order valence-electron chi connectivity index (χ1n) is 8.32. The van der Waals surface area contributed by atoms with Crippen molar-refractivity contribution >= 4 is 22.1 Å². The fourth-order valence-electron chi connectivity index (χ4n) is 3.66. The van der Waals surface area contributed by atoms with Crippen molar-refractivity contribution < 1.29 is 9.84 Å². The van der Waals surface area contributed by atoms with Gasteiger partial charge in [-0.05, 0) is 59.8 Å². The highest BCUT2D eigenvalue weighted by atomic mass is 32.1. The molecule has 0 bridgehead atoms. The van der Waals surface area contributed by atoms with Crippen LogP contribution in [-0.2, 0) is 6.54 Å². The van der Waals surface area contributed by atoms with Gasteiger partial charge in [0.15, 0.2) is 0 Å². The number of ether oxygens (including phenoxy) is 1. The third-order valence-corrected chi connectivity index (χ3v) is 5.89. The Balaban J connectivity index is 1.72. The van der Waals surface area contributed by atoms with Crippen LogP contribution < -0.4 is 4.74 Å². The molecule has 0 amide bonds. The lowest BCUT2D eigenvalue weighted by Crippen LogP contribution is -2.22. The second-order valence-corrected chi connectivity index (χ2v) is 7.27. The lowest BCUT2D eigenvalue weighted by molar-refractivity contribution is 0.249. The summed E-state index contributed by atoms with van der Waals surface area (Å²) in [4.78, 5) is 3.91. The molecule has 0 aliphatic carbocycles. The maximum Gasteiger partial charge on any atom is 0.120 e. The molecule has 1 N–H and O–H groups in total. The van der Waals surface area contributed by atoms with Gasteiger partial charge in [0, 0.05) is 23.0 Å². The fourth-order valence-corrected chi connectivity index (χ4v) is 4.56. The standard InChI is InChI=1S/C20H21NO2S/c1-23-15-8-6-14-7-9-19(22)17(16(14)12-15)13-21-10-2-4-18(21)20-5-3-11-24-20/h3,5-9,11-12,18,22H,2,4,10,13H2,1H3/t18-/m1/s1. The van der Waals surface area contributed by atoms with Crippen LogP contribution in [0.2, 0.25) is 0 Å². The number of nitrogens with zero attached hydrogens (tertiary/aromatic N) is 1. The Morgan fingerprint density at radius 3 is 2.92 bits per heavy atom. The van der Waals surface area contributed by atoms with E-state index in [1.807, 2.05) is 29.5 Å². The SMILES string of the molecule is COc1ccc2ccc(O)c(CN3CCC[C@@H]3c3cccs3)c2c1. The quantitative estimate of drug-likeness (QED) is 0.730. The number of hydrogen-bond donors (Lipinski definition) is 1. The van der Waals surface area contributed by atoms with Gasteiger partial charge in [0.05, 0.1) is 7.11 Å². The molecule has 2 heterocycles. The highest BCUT2D eigenvalue weighted by Gasteiger charge is 2.27. The van der Waals surface area contributed by atoms with Crippen LogP contribution in [0.15, 0.2) is 47.8 Å². The van der Waals surface area contributed by atoms with E-state index in [2.05, 4.69) is 28.5 Å². The van der Waals surface area contributed by atoms with Crippen molar-refractivity contribution in [3.05, 3.63) is 58.3 Å². The van der Waals surface area contributed by atoms with E-state index >= 15 is 0 Å². The Morgan fingerprint density at radius 2 is 2.12 bits per heavy atom. The zero-order valence-corrected chi connectivity index (χ0v) is 14.6. The molecule has 2 aromatic carbocycles. The van der Waals surface area contributed by atoms with Crippen molar-refractivity contribution in [3.8, 4) is 11.5 Å². The lowest BCUT2D eigenvalue weighted by Gasteiger charge is -2.25. The van der Waals surface area contributed by atoms with E-state index in [-0.39, 0.29) is 0 Å². The number of likely N-dealkylation sites (tertiary alicyclic amines) is 1. The summed E-state index contributed by atoms with van der Waals surface area (Å²) in [5.74, 6) is 1.19. The summed E-state index contributed by atoms with van der Waals surface area (Å²) in [5, 5.41) is 14.8. The molecule has 1 aliphatic heterocycles. The molecule has 1 saturated heterocycles. The van der Waals surface area contributed by atoms with Crippen LogP contribution in [0.3, 0.4) is 0 Å². The number of benzene rings is 2.